The maximum absolute atomic E-state index is 13.4. The van der Waals surface area contributed by atoms with Crippen molar-refractivity contribution in [3.63, 3.8) is 0 Å². The number of aliphatic hydroxyl groups excluding tert-OH is 1. The number of carbonyl (C=O) groups excluding carboxylic acids is 1. The highest BCUT2D eigenvalue weighted by Crippen LogP contribution is 2.57. The van der Waals surface area contributed by atoms with E-state index in [4.69, 9.17) is 9.72 Å². The number of aromatic nitrogens is 3. The zero-order chi connectivity index (χ0) is 20.3. The predicted octanol–water partition coefficient (Wildman–Crippen LogP) is 1.84. The molecular formula is C21H26N4O4. The molecule has 2 N–H and O–H groups in total. The van der Waals surface area contributed by atoms with Gasteiger partial charge in [-0.1, -0.05) is 0 Å². The smallest absolute Gasteiger partial charge is 0.263 e. The van der Waals surface area contributed by atoms with E-state index in [2.05, 4.69) is 10.3 Å². The number of rotatable bonds is 4. The minimum absolute atomic E-state index is 0.0881. The van der Waals surface area contributed by atoms with Gasteiger partial charge in [-0.2, -0.15) is 4.98 Å². The first-order valence-corrected chi connectivity index (χ1v) is 10.4. The van der Waals surface area contributed by atoms with E-state index in [9.17, 15) is 14.7 Å². The van der Waals surface area contributed by atoms with Crippen molar-refractivity contribution in [2.45, 2.75) is 57.7 Å². The fourth-order valence-corrected chi connectivity index (χ4v) is 5.18. The van der Waals surface area contributed by atoms with Gasteiger partial charge in [-0.3, -0.25) is 14.2 Å². The van der Waals surface area contributed by atoms with Crippen LogP contribution in [0.3, 0.4) is 0 Å². The van der Waals surface area contributed by atoms with Gasteiger partial charge in [-0.25, -0.2) is 4.98 Å². The van der Waals surface area contributed by atoms with Crippen LogP contribution in [0.5, 0.6) is 0 Å². The predicted molar refractivity (Wildman–Crippen MR) is 107 cm³/mol. The summed E-state index contributed by atoms with van der Waals surface area (Å²) < 4.78 is 7.04. The molecule has 2 aliphatic carbocycles. The van der Waals surface area contributed by atoms with Gasteiger partial charge in [-0.05, 0) is 56.9 Å². The summed E-state index contributed by atoms with van der Waals surface area (Å²) in [7, 11) is 0. The summed E-state index contributed by atoms with van der Waals surface area (Å²) in [6.07, 6.45) is 4.92. The Kier molecular flexibility index (Phi) is 4.43. The highest BCUT2D eigenvalue weighted by atomic mass is 16.5. The summed E-state index contributed by atoms with van der Waals surface area (Å²) in [5.41, 5.74) is 1.22. The van der Waals surface area contributed by atoms with Crippen molar-refractivity contribution in [3.8, 4) is 0 Å². The number of nitrogens with one attached hydrogen (secondary N) is 1. The minimum atomic E-state index is -0.630. The Hall–Kier alpha value is -2.32. The third kappa shape index (κ3) is 3.05. The summed E-state index contributed by atoms with van der Waals surface area (Å²) in [6.45, 7) is 4.08. The molecule has 29 heavy (non-hydrogen) atoms. The molecule has 0 bridgehead atoms. The second-order valence-corrected chi connectivity index (χ2v) is 8.65. The number of hydrogen-bond acceptors (Lipinski definition) is 7. The minimum Gasteiger partial charge on any atom is -0.389 e. The first kappa shape index (κ1) is 18.7. The Bertz CT molecular complexity index is 1050. The normalized spacial score (nSPS) is 30.9. The zero-order valence-electron chi connectivity index (χ0n) is 16.7. The molecule has 8 heteroatoms. The topological polar surface area (TPSA) is 106 Å². The molecule has 0 aromatic carbocycles. The first-order valence-electron chi connectivity index (χ1n) is 10.4. The van der Waals surface area contributed by atoms with Crippen LogP contribution in [0.4, 0.5) is 5.95 Å². The lowest BCUT2D eigenvalue weighted by atomic mass is 10.0. The molecule has 2 aromatic heterocycles. The fraction of sp³-hybridized carbons (Fsp3) is 0.619. The molecule has 3 fully saturated rings. The van der Waals surface area contributed by atoms with Crippen LogP contribution in [0, 0.1) is 18.8 Å². The second kappa shape index (κ2) is 6.88. The van der Waals surface area contributed by atoms with Crippen LogP contribution in [0.2, 0.25) is 0 Å². The first-order chi connectivity index (χ1) is 14.0. The molecule has 154 valence electrons. The molecule has 3 heterocycles. The van der Waals surface area contributed by atoms with Crippen molar-refractivity contribution in [2.75, 3.05) is 18.5 Å². The van der Waals surface area contributed by atoms with Gasteiger partial charge in [0.15, 0.2) is 5.78 Å². The van der Waals surface area contributed by atoms with E-state index in [-0.39, 0.29) is 35.6 Å². The van der Waals surface area contributed by atoms with Crippen molar-refractivity contribution in [1.82, 2.24) is 14.5 Å². The lowest BCUT2D eigenvalue weighted by molar-refractivity contribution is -0.0136. The fourth-order valence-electron chi connectivity index (χ4n) is 5.18. The van der Waals surface area contributed by atoms with Gasteiger partial charge in [0.2, 0.25) is 5.95 Å². The zero-order valence-corrected chi connectivity index (χ0v) is 16.7. The molecular weight excluding hydrogens is 372 g/mol. The lowest BCUT2D eigenvalue weighted by Crippen LogP contribution is -2.42. The number of aryl methyl sites for hydroxylation is 1. The van der Waals surface area contributed by atoms with E-state index >= 15 is 0 Å². The number of hydrogen-bond donors (Lipinski definition) is 2. The number of ether oxygens (including phenoxy) is 1. The van der Waals surface area contributed by atoms with E-state index in [0.29, 0.717) is 42.0 Å². The summed E-state index contributed by atoms with van der Waals surface area (Å²) in [5.74, 6) is 1.36. The number of anilines is 1. The highest BCUT2D eigenvalue weighted by Gasteiger charge is 2.49. The van der Waals surface area contributed by atoms with Gasteiger partial charge in [-0.15, -0.1) is 0 Å². The molecule has 2 aromatic rings. The molecule has 0 unspecified atom stereocenters. The summed E-state index contributed by atoms with van der Waals surface area (Å²) in [6, 6.07) is -0.108. The van der Waals surface area contributed by atoms with E-state index in [1.165, 1.54) is 6.92 Å². The van der Waals surface area contributed by atoms with Crippen molar-refractivity contribution in [3.05, 3.63) is 27.7 Å². The Morgan fingerprint density at radius 3 is 2.83 bits per heavy atom. The Labute approximate surface area is 168 Å². The van der Waals surface area contributed by atoms with Gasteiger partial charge >= 0.3 is 0 Å². The van der Waals surface area contributed by atoms with E-state index in [1.807, 2.05) is 0 Å². The lowest BCUT2D eigenvalue weighted by Gasteiger charge is -2.28. The van der Waals surface area contributed by atoms with Crippen LogP contribution in [-0.2, 0) is 4.74 Å². The standard InChI is InChI=1S/C21H26N4O4/c1-10-14-8-22-21(23-15-5-6-29-9-17(15)27)24-19(14)25(20(28)18(10)11(2)26)16-4-3-12-7-13(12)16/h8,12-13,15-17,27H,3-7,9H2,1-2H3,(H,22,23,24)/t12-,13+,15-,16-,17-/m1/s1. The molecule has 2 saturated carbocycles. The highest BCUT2D eigenvalue weighted by molar-refractivity contribution is 5.99. The van der Waals surface area contributed by atoms with Crippen LogP contribution < -0.4 is 10.9 Å². The van der Waals surface area contributed by atoms with Gasteiger partial charge in [0.25, 0.3) is 5.56 Å². The van der Waals surface area contributed by atoms with Crippen molar-refractivity contribution in [2.24, 2.45) is 11.8 Å². The molecule has 0 amide bonds. The monoisotopic (exact) mass is 398 g/mol. The summed E-state index contributed by atoms with van der Waals surface area (Å²) in [4.78, 5) is 34.7. The van der Waals surface area contributed by atoms with Gasteiger partial charge in [0, 0.05) is 24.2 Å². The van der Waals surface area contributed by atoms with Crippen LogP contribution >= 0.6 is 0 Å². The molecule has 0 spiro atoms. The van der Waals surface area contributed by atoms with Gasteiger partial charge < -0.3 is 15.2 Å². The number of fused-ring (bicyclic) bond motifs is 2. The molecule has 1 aliphatic heterocycles. The number of carbonyl (C=O) groups is 1. The van der Waals surface area contributed by atoms with Gasteiger partial charge in [0.05, 0.1) is 24.3 Å². The van der Waals surface area contributed by atoms with E-state index in [0.717, 1.165) is 24.6 Å². The number of ketones is 1. The summed E-state index contributed by atoms with van der Waals surface area (Å²) >= 11 is 0. The molecule has 3 aliphatic rings. The van der Waals surface area contributed by atoms with Crippen LogP contribution in [0.1, 0.15) is 54.6 Å². The SMILES string of the molecule is CC(=O)c1c(C)c2cnc(N[C@@H]3CCOC[C@H]3O)nc2n([C@@H]2CC[C@@H]3C[C@@H]32)c1=O. The molecule has 8 nitrogen and oxygen atoms in total. The largest absolute Gasteiger partial charge is 0.389 e. The second-order valence-electron chi connectivity index (χ2n) is 8.65. The quantitative estimate of drug-likeness (QED) is 0.757. The maximum atomic E-state index is 13.4. The number of aliphatic hydroxyl groups is 1. The van der Waals surface area contributed by atoms with E-state index in [1.54, 1.807) is 17.7 Å². The average molecular weight is 398 g/mol. The number of Topliss-reactive ketones (excluding diaryl/α,β-unsaturated/α-hetero) is 1. The molecule has 1 saturated heterocycles. The van der Waals surface area contributed by atoms with Crippen LogP contribution in [0.25, 0.3) is 11.0 Å². The van der Waals surface area contributed by atoms with E-state index < -0.39 is 6.10 Å². The molecule has 0 radical (unpaired) electrons. The van der Waals surface area contributed by atoms with Crippen molar-refractivity contribution in [1.29, 1.82) is 0 Å². The Balaban J connectivity index is 1.64. The van der Waals surface area contributed by atoms with Crippen molar-refractivity contribution >= 4 is 22.8 Å². The Morgan fingerprint density at radius 2 is 2.17 bits per heavy atom. The third-order valence-electron chi connectivity index (χ3n) is 6.84. The van der Waals surface area contributed by atoms with Crippen LogP contribution in [-0.4, -0.2) is 50.8 Å². The maximum Gasteiger partial charge on any atom is 0.263 e. The Morgan fingerprint density at radius 1 is 1.34 bits per heavy atom. The molecule has 5 atom stereocenters. The average Bonchev–Trinajstić information content (AvgIpc) is 3.35. The van der Waals surface area contributed by atoms with Gasteiger partial charge in [0.1, 0.15) is 5.65 Å². The van der Waals surface area contributed by atoms with Crippen molar-refractivity contribution < 1.29 is 14.6 Å². The van der Waals surface area contributed by atoms with Crippen LogP contribution in [0.15, 0.2) is 11.0 Å². The molecule has 5 rings (SSSR count). The number of nitrogens with zero attached hydrogens (tertiary/aromatic N) is 3. The summed E-state index contributed by atoms with van der Waals surface area (Å²) in [5, 5.41) is 14.1. The number of pyridine rings is 1. The third-order valence-corrected chi connectivity index (χ3v) is 6.84.